The van der Waals surface area contributed by atoms with E-state index in [0.29, 0.717) is 0 Å². The van der Waals surface area contributed by atoms with E-state index in [0.717, 1.165) is 17.2 Å². The second kappa shape index (κ2) is 5.03. The molecule has 1 aromatic heterocycles. The van der Waals surface area contributed by atoms with Gasteiger partial charge in [-0.2, -0.15) is 16.9 Å². The van der Waals surface area contributed by atoms with Gasteiger partial charge in [-0.25, -0.2) is 0 Å². The third-order valence-electron chi connectivity index (χ3n) is 2.24. The summed E-state index contributed by atoms with van der Waals surface area (Å²) in [5.74, 6) is 2.16. The van der Waals surface area contributed by atoms with Gasteiger partial charge in [-0.15, -0.1) is 0 Å². The van der Waals surface area contributed by atoms with Crippen LogP contribution in [0.15, 0.2) is 36.5 Å². The lowest BCUT2D eigenvalue weighted by Crippen LogP contribution is -1.84. The molecule has 0 saturated heterocycles. The Balaban J connectivity index is 2.25. The molecule has 78 valence electrons. The van der Waals surface area contributed by atoms with Gasteiger partial charge >= 0.3 is 0 Å². The normalized spacial score (nSPS) is 10.5. The maximum Gasteiger partial charge on any atom is 0.0690 e. The Morgan fingerprint density at radius 1 is 1.27 bits per heavy atom. The Morgan fingerprint density at radius 2 is 2.07 bits per heavy atom. The molecule has 2 rings (SSSR count). The van der Waals surface area contributed by atoms with Gasteiger partial charge in [0.05, 0.1) is 11.9 Å². The summed E-state index contributed by atoms with van der Waals surface area (Å²) in [5, 5.41) is 7.18. The molecule has 2 aromatic rings. The van der Waals surface area contributed by atoms with Crippen molar-refractivity contribution in [1.82, 2.24) is 10.2 Å². The smallest absolute Gasteiger partial charge is 0.0690 e. The number of hydrogen-bond acceptors (Lipinski definition) is 2. The van der Waals surface area contributed by atoms with Crippen LogP contribution in [0, 0.1) is 0 Å². The molecule has 0 saturated carbocycles. The number of nitrogens with one attached hydrogen (secondary N) is 1. The van der Waals surface area contributed by atoms with Crippen LogP contribution >= 0.6 is 11.8 Å². The van der Waals surface area contributed by atoms with Crippen LogP contribution in [0.25, 0.3) is 11.3 Å². The number of hydrogen-bond donors (Lipinski definition) is 1. The zero-order valence-electron chi connectivity index (χ0n) is 8.73. The summed E-state index contributed by atoms with van der Waals surface area (Å²) in [6, 6.07) is 10.3. The third kappa shape index (κ3) is 2.42. The van der Waals surface area contributed by atoms with E-state index in [9.17, 15) is 0 Å². The van der Waals surface area contributed by atoms with Gasteiger partial charge in [0.1, 0.15) is 0 Å². The van der Waals surface area contributed by atoms with Crippen molar-refractivity contribution in [2.75, 3.05) is 5.75 Å². The summed E-state index contributed by atoms with van der Waals surface area (Å²) in [4.78, 5) is 0. The summed E-state index contributed by atoms with van der Waals surface area (Å²) in [7, 11) is 0. The van der Waals surface area contributed by atoms with Gasteiger partial charge in [-0.1, -0.05) is 37.3 Å². The summed E-state index contributed by atoms with van der Waals surface area (Å²) < 4.78 is 0. The Labute approximate surface area is 94.1 Å². The Morgan fingerprint density at radius 3 is 2.80 bits per heavy atom. The number of aromatic nitrogens is 2. The van der Waals surface area contributed by atoms with E-state index in [1.54, 1.807) is 0 Å². The number of aromatic amines is 1. The van der Waals surface area contributed by atoms with Crippen molar-refractivity contribution in [1.29, 1.82) is 0 Å². The minimum atomic E-state index is 1.03. The van der Waals surface area contributed by atoms with Crippen molar-refractivity contribution in [2.24, 2.45) is 0 Å². The van der Waals surface area contributed by atoms with Crippen molar-refractivity contribution in [2.45, 2.75) is 12.7 Å². The van der Waals surface area contributed by atoms with Crippen molar-refractivity contribution < 1.29 is 0 Å². The van der Waals surface area contributed by atoms with Crippen molar-refractivity contribution in [3.63, 3.8) is 0 Å². The van der Waals surface area contributed by atoms with Gasteiger partial charge in [0.2, 0.25) is 0 Å². The monoisotopic (exact) mass is 218 g/mol. The minimum absolute atomic E-state index is 1.03. The molecule has 0 spiro atoms. The Kier molecular flexibility index (Phi) is 3.45. The highest BCUT2D eigenvalue weighted by atomic mass is 32.2. The summed E-state index contributed by atoms with van der Waals surface area (Å²) in [6.07, 6.45) is 1.92. The van der Waals surface area contributed by atoms with E-state index < -0.39 is 0 Å². The van der Waals surface area contributed by atoms with Crippen LogP contribution in [0.5, 0.6) is 0 Å². The molecule has 0 bridgehead atoms. The number of rotatable bonds is 4. The molecule has 0 aliphatic rings. The topological polar surface area (TPSA) is 28.7 Å². The van der Waals surface area contributed by atoms with Crippen LogP contribution in [0.3, 0.4) is 0 Å². The molecule has 1 heterocycles. The van der Waals surface area contributed by atoms with Crippen LogP contribution in [0.2, 0.25) is 0 Å². The van der Waals surface area contributed by atoms with Crippen LogP contribution in [0.1, 0.15) is 12.5 Å². The second-order valence-corrected chi connectivity index (χ2v) is 4.55. The van der Waals surface area contributed by atoms with Gasteiger partial charge in [0.25, 0.3) is 0 Å². The van der Waals surface area contributed by atoms with Gasteiger partial charge in [-0.05, 0) is 11.3 Å². The van der Waals surface area contributed by atoms with E-state index in [4.69, 9.17) is 0 Å². The van der Waals surface area contributed by atoms with Crippen molar-refractivity contribution in [3.05, 3.63) is 42.1 Å². The fourth-order valence-corrected chi connectivity index (χ4v) is 2.13. The predicted octanol–water partition coefficient (Wildman–Crippen LogP) is 3.33. The van der Waals surface area contributed by atoms with Crippen LogP contribution in [-0.4, -0.2) is 16.0 Å². The fourth-order valence-electron chi connectivity index (χ4n) is 1.49. The average Bonchev–Trinajstić information content (AvgIpc) is 2.75. The molecule has 1 N–H and O–H groups in total. The third-order valence-corrected chi connectivity index (χ3v) is 3.17. The van der Waals surface area contributed by atoms with E-state index in [1.807, 2.05) is 36.2 Å². The SMILES string of the molecule is CCSCc1cn[nH]c1-c1ccccc1. The second-order valence-electron chi connectivity index (χ2n) is 3.27. The van der Waals surface area contributed by atoms with E-state index in [2.05, 4.69) is 29.3 Å². The van der Waals surface area contributed by atoms with Crippen molar-refractivity contribution >= 4 is 11.8 Å². The maximum absolute atomic E-state index is 4.11. The van der Waals surface area contributed by atoms with Gasteiger partial charge in [0, 0.05) is 11.3 Å². The first-order chi connectivity index (χ1) is 7.42. The first kappa shape index (κ1) is 10.3. The quantitative estimate of drug-likeness (QED) is 0.852. The lowest BCUT2D eigenvalue weighted by molar-refractivity contribution is 1.10. The Bertz CT molecular complexity index is 409. The molecule has 0 atom stereocenters. The van der Waals surface area contributed by atoms with Crippen LogP contribution in [0.4, 0.5) is 0 Å². The highest BCUT2D eigenvalue weighted by Crippen LogP contribution is 2.23. The molecule has 0 aliphatic heterocycles. The zero-order valence-corrected chi connectivity index (χ0v) is 9.55. The Hall–Kier alpha value is -1.22. The largest absolute Gasteiger partial charge is 0.278 e. The molecule has 0 amide bonds. The fraction of sp³-hybridized carbons (Fsp3) is 0.250. The molecule has 0 aliphatic carbocycles. The summed E-state index contributed by atoms with van der Waals surface area (Å²) in [6.45, 7) is 2.17. The molecule has 2 nitrogen and oxygen atoms in total. The molecule has 15 heavy (non-hydrogen) atoms. The van der Waals surface area contributed by atoms with E-state index in [1.165, 1.54) is 11.1 Å². The van der Waals surface area contributed by atoms with Gasteiger partial charge < -0.3 is 0 Å². The van der Waals surface area contributed by atoms with Gasteiger partial charge in [0.15, 0.2) is 0 Å². The van der Waals surface area contributed by atoms with Crippen LogP contribution in [-0.2, 0) is 5.75 Å². The number of thioether (sulfide) groups is 1. The van der Waals surface area contributed by atoms with E-state index >= 15 is 0 Å². The highest BCUT2D eigenvalue weighted by molar-refractivity contribution is 7.98. The van der Waals surface area contributed by atoms with Crippen LogP contribution < -0.4 is 0 Å². The first-order valence-electron chi connectivity index (χ1n) is 5.07. The summed E-state index contributed by atoms with van der Waals surface area (Å²) in [5.41, 5.74) is 3.64. The highest BCUT2D eigenvalue weighted by Gasteiger charge is 2.06. The minimum Gasteiger partial charge on any atom is -0.278 e. The molecule has 0 radical (unpaired) electrons. The summed E-state index contributed by atoms with van der Waals surface area (Å²) >= 11 is 1.91. The lowest BCUT2D eigenvalue weighted by Gasteiger charge is -2.01. The lowest BCUT2D eigenvalue weighted by atomic mass is 10.1. The maximum atomic E-state index is 4.11. The van der Waals surface area contributed by atoms with Gasteiger partial charge in [-0.3, -0.25) is 5.10 Å². The molecule has 1 aromatic carbocycles. The number of H-pyrrole nitrogens is 1. The number of nitrogens with zero attached hydrogens (tertiary/aromatic N) is 1. The standard InChI is InChI=1S/C12H14N2S/c1-2-15-9-11-8-13-14-12(11)10-6-4-3-5-7-10/h3-8H,2,9H2,1H3,(H,13,14). The predicted molar refractivity (Wildman–Crippen MR) is 65.9 cm³/mol. The zero-order chi connectivity index (χ0) is 10.5. The van der Waals surface area contributed by atoms with Crippen molar-refractivity contribution in [3.8, 4) is 11.3 Å². The average molecular weight is 218 g/mol. The first-order valence-corrected chi connectivity index (χ1v) is 6.22. The van der Waals surface area contributed by atoms with E-state index in [-0.39, 0.29) is 0 Å². The molecular weight excluding hydrogens is 204 g/mol. The number of benzene rings is 1. The molecule has 3 heteroatoms. The molecular formula is C12H14N2S. The molecule has 0 unspecified atom stereocenters. The molecule has 0 fully saturated rings.